The quantitative estimate of drug-likeness (QED) is 0.600. The number of nitrogens with two attached hydrogens (primary N) is 1. The Hall–Kier alpha value is -1.99. The summed E-state index contributed by atoms with van der Waals surface area (Å²) < 4.78 is 10.3. The van der Waals surface area contributed by atoms with Crippen LogP contribution < -0.4 is 10.5 Å². The minimum absolute atomic E-state index is 0.0561. The Bertz CT molecular complexity index is 528. The fourth-order valence-corrected chi connectivity index (χ4v) is 2.10. The number of carbonyl (C=O) groups is 2. The van der Waals surface area contributed by atoms with E-state index >= 15 is 0 Å². The van der Waals surface area contributed by atoms with Crippen LogP contribution in [0.3, 0.4) is 0 Å². The van der Waals surface area contributed by atoms with Crippen molar-refractivity contribution in [1.29, 1.82) is 0 Å². The molecule has 1 aliphatic rings. The van der Waals surface area contributed by atoms with Gasteiger partial charge in [-0.1, -0.05) is 24.4 Å². The lowest BCUT2D eigenvalue weighted by Gasteiger charge is -2.24. The molecular formula is C14H16N2O4S. The first-order valence-electron chi connectivity index (χ1n) is 6.47. The molecule has 1 heterocycles. The topological polar surface area (TPSA) is 81.9 Å². The first-order valence-corrected chi connectivity index (χ1v) is 6.88. The van der Waals surface area contributed by atoms with Gasteiger partial charge in [0.05, 0.1) is 11.5 Å². The number of benzene rings is 1. The maximum Gasteiger partial charge on any atom is 0.255 e. The van der Waals surface area contributed by atoms with E-state index in [2.05, 4.69) is 0 Å². The van der Waals surface area contributed by atoms with Gasteiger partial charge in [0.2, 0.25) is 0 Å². The van der Waals surface area contributed by atoms with Crippen LogP contribution in [0, 0.1) is 0 Å². The molecule has 1 fully saturated rings. The smallest absolute Gasteiger partial charge is 0.255 e. The summed E-state index contributed by atoms with van der Waals surface area (Å²) in [5.74, 6) is -0.00170. The molecule has 2 rings (SSSR count). The van der Waals surface area contributed by atoms with E-state index in [0.29, 0.717) is 17.2 Å². The molecule has 0 spiro atoms. The summed E-state index contributed by atoms with van der Waals surface area (Å²) in [5, 5.41) is 0. The first kappa shape index (κ1) is 15.4. The lowest BCUT2D eigenvalue weighted by Crippen LogP contribution is -2.47. The molecule has 21 heavy (non-hydrogen) atoms. The SMILES string of the molecule is NC(=S)Cc1ccc(OCCN2C(=O)COCC2=O)cc1. The average Bonchev–Trinajstić information content (AvgIpc) is 2.43. The molecule has 0 bridgehead atoms. The average molecular weight is 308 g/mol. The second-order valence-electron chi connectivity index (χ2n) is 4.57. The van der Waals surface area contributed by atoms with Crippen LogP contribution in [-0.4, -0.2) is 48.1 Å². The number of thiocarbonyl (C=S) groups is 1. The molecule has 1 aliphatic heterocycles. The number of carbonyl (C=O) groups excluding carboxylic acids is 2. The van der Waals surface area contributed by atoms with Crippen molar-refractivity contribution >= 4 is 29.0 Å². The number of morpholine rings is 1. The summed E-state index contributed by atoms with van der Waals surface area (Å²) in [6.07, 6.45) is 0.548. The molecule has 112 valence electrons. The molecule has 0 atom stereocenters. The van der Waals surface area contributed by atoms with E-state index in [0.717, 1.165) is 10.5 Å². The van der Waals surface area contributed by atoms with Gasteiger partial charge in [0.15, 0.2) is 0 Å². The highest BCUT2D eigenvalue weighted by molar-refractivity contribution is 7.80. The summed E-state index contributed by atoms with van der Waals surface area (Å²) in [5.41, 5.74) is 6.48. The molecule has 0 aliphatic carbocycles. The third-order valence-corrected chi connectivity index (χ3v) is 3.08. The number of hydrogen-bond donors (Lipinski definition) is 1. The third kappa shape index (κ3) is 4.51. The zero-order valence-corrected chi connectivity index (χ0v) is 12.2. The van der Waals surface area contributed by atoms with Crippen molar-refractivity contribution in [2.45, 2.75) is 6.42 Å². The summed E-state index contributed by atoms with van der Waals surface area (Å²) in [6, 6.07) is 7.35. The number of nitrogens with zero attached hydrogens (tertiary/aromatic N) is 1. The van der Waals surface area contributed by atoms with Crippen LogP contribution in [0.5, 0.6) is 5.75 Å². The standard InChI is InChI=1S/C14H16N2O4S/c15-12(21)7-10-1-3-11(4-2-10)20-6-5-16-13(17)8-19-9-14(16)18/h1-4H,5-9H2,(H2,15,21). The molecule has 0 saturated carbocycles. The van der Waals surface area contributed by atoms with Gasteiger partial charge >= 0.3 is 0 Å². The number of rotatable bonds is 6. The van der Waals surface area contributed by atoms with Crippen LogP contribution in [0.15, 0.2) is 24.3 Å². The molecule has 0 aromatic heterocycles. The van der Waals surface area contributed by atoms with Crippen molar-refractivity contribution in [1.82, 2.24) is 4.90 Å². The van der Waals surface area contributed by atoms with Crippen molar-refractivity contribution in [3.05, 3.63) is 29.8 Å². The molecule has 0 unspecified atom stereocenters. The van der Waals surface area contributed by atoms with Gasteiger partial charge in [0.25, 0.3) is 11.8 Å². The predicted molar refractivity (Wildman–Crippen MR) is 80.0 cm³/mol. The second kappa shape index (κ2) is 7.14. The van der Waals surface area contributed by atoms with Gasteiger partial charge in [-0.25, -0.2) is 0 Å². The van der Waals surface area contributed by atoms with Crippen LogP contribution in [-0.2, 0) is 20.7 Å². The van der Waals surface area contributed by atoms with Crippen molar-refractivity contribution in [3.8, 4) is 5.75 Å². The number of hydrogen-bond acceptors (Lipinski definition) is 5. The van der Waals surface area contributed by atoms with Crippen LogP contribution in [0.4, 0.5) is 0 Å². The molecule has 1 saturated heterocycles. The summed E-state index contributed by atoms with van der Waals surface area (Å²) >= 11 is 4.84. The minimum atomic E-state index is -0.332. The van der Waals surface area contributed by atoms with Crippen molar-refractivity contribution < 1.29 is 19.1 Å². The zero-order valence-electron chi connectivity index (χ0n) is 11.4. The lowest BCUT2D eigenvalue weighted by atomic mass is 10.1. The Balaban J connectivity index is 1.81. The largest absolute Gasteiger partial charge is 0.492 e. The lowest BCUT2D eigenvalue weighted by molar-refractivity contribution is -0.158. The highest BCUT2D eigenvalue weighted by atomic mass is 32.1. The molecule has 1 aromatic carbocycles. The number of imide groups is 1. The Morgan fingerprint density at radius 1 is 1.24 bits per heavy atom. The monoisotopic (exact) mass is 308 g/mol. The molecule has 2 amide bonds. The normalized spacial score (nSPS) is 15.1. The second-order valence-corrected chi connectivity index (χ2v) is 5.09. The first-order chi connectivity index (χ1) is 10.1. The van der Waals surface area contributed by atoms with Gasteiger partial charge in [-0.3, -0.25) is 14.5 Å². The van der Waals surface area contributed by atoms with E-state index in [-0.39, 0.29) is 38.2 Å². The van der Waals surface area contributed by atoms with Crippen molar-refractivity contribution in [2.75, 3.05) is 26.4 Å². The van der Waals surface area contributed by atoms with E-state index in [1.165, 1.54) is 0 Å². The fourth-order valence-electron chi connectivity index (χ4n) is 1.93. The van der Waals surface area contributed by atoms with Crippen LogP contribution in [0.25, 0.3) is 0 Å². The van der Waals surface area contributed by atoms with E-state index in [1.54, 1.807) is 12.1 Å². The summed E-state index contributed by atoms with van der Waals surface area (Å²) in [7, 11) is 0. The number of ether oxygens (including phenoxy) is 2. The molecule has 2 N–H and O–H groups in total. The highest BCUT2D eigenvalue weighted by Gasteiger charge is 2.26. The zero-order chi connectivity index (χ0) is 15.2. The van der Waals surface area contributed by atoms with Crippen LogP contribution in [0.1, 0.15) is 5.56 Å². The van der Waals surface area contributed by atoms with Gasteiger partial charge in [-0.15, -0.1) is 0 Å². The Morgan fingerprint density at radius 3 is 2.43 bits per heavy atom. The van der Waals surface area contributed by atoms with Crippen molar-refractivity contribution in [2.24, 2.45) is 5.73 Å². The number of amides is 2. The third-order valence-electron chi connectivity index (χ3n) is 2.94. The molecule has 6 nitrogen and oxygen atoms in total. The molecule has 1 aromatic rings. The fraction of sp³-hybridized carbons (Fsp3) is 0.357. The molecular weight excluding hydrogens is 292 g/mol. The van der Waals surface area contributed by atoms with E-state index in [1.807, 2.05) is 12.1 Å². The Morgan fingerprint density at radius 2 is 1.86 bits per heavy atom. The summed E-state index contributed by atoms with van der Waals surface area (Å²) in [4.78, 5) is 24.6. The maximum absolute atomic E-state index is 11.5. The van der Waals surface area contributed by atoms with Gasteiger partial charge in [0, 0.05) is 6.42 Å². The van der Waals surface area contributed by atoms with Gasteiger partial charge < -0.3 is 15.2 Å². The Kier molecular flexibility index (Phi) is 5.24. The molecule has 7 heteroatoms. The predicted octanol–water partition coefficient (Wildman–Crippen LogP) is 0.279. The van der Waals surface area contributed by atoms with Gasteiger partial charge in [0.1, 0.15) is 25.6 Å². The van der Waals surface area contributed by atoms with E-state index in [4.69, 9.17) is 27.4 Å². The van der Waals surface area contributed by atoms with E-state index < -0.39 is 0 Å². The summed E-state index contributed by atoms with van der Waals surface area (Å²) in [6.45, 7) is 0.348. The maximum atomic E-state index is 11.5. The van der Waals surface area contributed by atoms with Crippen LogP contribution in [0.2, 0.25) is 0 Å². The van der Waals surface area contributed by atoms with Gasteiger partial charge in [-0.2, -0.15) is 0 Å². The van der Waals surface area contributed by atoms with E-state index in [9.17, 15) is 9.59 Å². The Labute approximate surface area is 127 Å². The van der Waals surface area contributed by atoms with Gasteiger partial charge in [-0.05, 0) is 17.7 Å². The minimum Gasteiger partial charge on any atom is -0.492 e. The highest BCUT2D eigenvalue weighted by Crippen LogP contribution is 2.13. The van der Waals surface area contributed by atoms with Crippen molar-refractivity contribution in [3.63, 3.8) is 0 Å². The molecule has 0 radical (unpaired) electrons. The van der Waals surface area contributed by atoms with Crippen LogP contribution >= 0.6 is 12.2 Å².